The highest BCUT2D eigenvalue weighted by Crippen LogP contribution is 2.25. The number of carbonyl (C=O) groups is 1. The number of anilines is 1. The average molecular weight is 375 g/mol. The summed E-state index contributed by atoms with van der Waals surface area (Å²) in [4.78, 5) is 19.2. The molecule has 2 aromatic heterocycles. The molecule has 1 aliphatic rings. The van der Waals surface area contributed by atoms with Gasteiger partial charge < -0.3 is 14.6 Å². The SMILES string of the molecule is O=C(NCc1ccco1)c1ccnc(N2CCC(Cc3ccccc3)CC2)c1. The predicted octanol–water partition coefficient (Wildman–Crippen LogP) is 4.06. The quantitative estimate of drug-likeness (QED) is 0.706. The van der Waals surface area contributed by atoms with Crippen LogP contribution < -0.4 is 10.2 Å². The summed E-state index contributed by atoms with van der Waals surface area (Å²) in [6.45, 7) is 2.33. The van der Waals surface area contributed by atoms with Gasteiger partial charge in [-0.3, -0.25) is 4.79 Å². The number of carbonyl (C=O) groups excluding carboxylic acids is 1. The van der Waals surface area contributed by atoms with Crippen molar-refractivity contribution in [3.8, 4) is 0 Å². The predicted molar refractivity (Wildman–Crippen MR) is 109 cm³/mol. The van der Waals surface area contributed by atoms with Crippen molar-refractivity contribution in [3.63, 3.8) is 0 Å². The Kier molecular flexibility index (Phi) is 5.71. The number of aromatic nitrogens is 1. The van der Waals surface area contributed by atoms with E-state index in [0.29, 0.717) is 18.0 Å². The second-order valence-corrected chi connectivity index (χ2v) is 7.28. The molecule has 0 saturated carbocycles. The number of hydrogen-bond acceptors (Lipinski definition) is 4. The van der Waals surface area contributed by atoms with E-state index in [2.05, 4.69) is 45.5 Å². The van der Waals surface area contributed by atoms with Crippen molar-refractivity contribution >= 4 is 11.7 Å². The molecule has 1 N–H and O–H groups in total. The summed E-state index contributed by atoms with van der Waals surface area (Å²) in [7, 11) is 0. The highest BCUT2D eigenvalue weighted by molar-refractivity contribution is 5.94. The minimum atomic E-state index is -0.112. The molecule has 0 radical (unpaired) electrons. The standard InChI is InChI=1S/C23H25N3O2/c27-23(25-17-21-7-4-14-28-21)20-8-11-24-22(16-20)26-12-9-19(10-13-26)15-18-5-2-1-3-6-18/h1-8,11,14,16,19H,9-10,12-13,15,17H2,(H,25,27). The number of benzene rings is 1. The van der Waals surface area contributed by atoms with E-state index in [0.717, 1.165) is 43.9 Å². The lowest BCUT2D eigenvalue weighted by atomic mass is 9.90. The third-order valence-corrected chi connectivity index (χ3v) is 5.32. The van der Waals surface area contributed by atoms with E-state index in [-0.39, 0.29) is 5.91 Å². The minimum absolute atomic E-state index is 0.112. The monoisotopic (exact) mass is 375 g/mol. The van der Waals surface area contributed by atoms with Crippen LogP contribution in [0.25, 0.3) is 0 Å². The van der Waals surface area contributed by atoms with E-state index in [1.165, 1.54) is 5.56 Å². The maximum Gasteiger partial charge on any atom is 0.251 e. The Balaban J connectivity index is 1.32. The number of nitrogens with zero attached hydrogens (tertiary/aromatic N) is 2. The normalized spacial score (nSPS) is 14.8. The molecule has 3 heterocycles. The van der Waals surface area contributed by atoms with Crippen molar-refractivity contribution in [1.82, 2.24) is 10.3 Å². The number of amides is 1. The first kappa shape index (κ1) is 18.3. The van der Waals surface area contributed by atoms with Crippen molar-refractivity contribution in [2.75, 3.05) is 18.0 Å². The number of hydrogen-bond donors (Lipinski definition) is 1. The van der Waals surface area contributed by atoms with Crippen molar-refractivity contribution in [2.45, 2.75) is 25.8 Å². The zero-order chi connectivity index (χ0) is 19.2. The van der Waals surface area contributed by atoms with Crippen molar-refractivity contribution < 1.29 is 9.21 Å². The maximum absolute atomic E-state index is 12.4. The Labute approximate surface area is 165 Å². The summed E-state index contributed by atoms with van der Waals surface area (Å²) in [6.07, 6.45) is 6.74. The molecule has 4 rings (SSSR count). The Morgan fingerprint density at radius 2 is 1.93 bits per heavy atom. The smallest absolute Gasteiger partial charge is 0.251 e. The highest BCUT2D eigenvalue weighted by atomic mass is 16.3. The molecule has 0 bridgehead atoms. The first-order valence-corrected chi connectivity index (χ1v) is 9.83. The highest BCUT2D eigenvalue weighted by Gasteiger charge is 2.21. The van der Waals surface area contributed by atoms with Gasteiger partial charge in [0.05, 0.1) is 12.8 Å². The van der Waals surface area contributed by atoms with Gasteiger partial charge >= 0.3 is 0 Å². The van der Waals surface area contributed by atoms with Crippen LogP contribution in [-0.2, 0) is 13.0 Å². The lowest BCUT2D eigenvalue weighted by Crippen LogP contribution is -2.35. The van der Waals surface area contributed by atoms with Crippen LogP contribution in [0.1, 0.15) is 34.5 Å². The van der Waals surface area contributed by atoms with Crippen molar-refractivity contribution in [1.29, 1.82) is 0 Å². The first-order chi connectivity index (χ1) is 13.8. The number of pyridine rings is 1. The van der Waals surface area contributed by atoms with E-state index in [1.54, 1.807) is 18.5 Å². The summed E-state index contributed by atoms with van der Waals surface area (Å²) < 4.78 is 5.26. The number of furan rings is 1. The summed E-state index contributed by atoms with van der Waals surface area (Å²) >= 11 is 0. The van der Waals surface area contributed by atoms with Crippen LogP contribution in [-0.4, -0.2) is 24.0 Å². The topological polar surface area (TPSA) is 58.4 Å². The van der Waals surface area contributed by atoms with E-state index in [4.69, 9.17) is 4.42 Å². The molecule has 0 atom stereocenters. The van der Waals surface area contributed by atoms with Gasteiger partial charge in [0.1, 0.15) is 11.6 Å². The van der Waals surface area contributed by atoms with Crippen molar-refractivity contribution in [3.05, 3.63) is 83.9 Å². The fourth-order valence-electron chi connectivity index (χ4n) is 3.73. The first-order valence-electron chi connectivity index (χ1n) is 9.83. The van der Waals surface area contributed by atoms with Gasteiger partial charge in [-0.1, -0.05) is 30.3 Å². The molecule has 1 aliphatic heterocycles. The summed E-state index contributed by atoms with van der Waals surface area (Å²) in [5.74, 6) is 2.21. The largest absolute Gasteiger partial charge is 0.467 e. The number of piperidine rings is 1. The molecule has 144 valence electrons. The van der Waals surface area contributed by atoms with Crippen LogP contribution in [0, 0.1) is 5.92 Å². The van der Waals surface area contributed by atoms with E-state index in [1.807, 2.05) is 18.2 Å². The molecule has 5 heteroatoms. The molecule has 1 fully saturated rings. The molecule has 1 saturated heterocycles. The second kappa shape index (κ2) is 8.74. The Hall–Kier alpha value is -3.08. The number of rotatable bonds is 6. The Bertz CT molecular complexity index is 885. The zero-order valence-electron chi connectivity index (χ0n) is 15.9. The van der Waals surface area contributed by atoms with Crippen LogP contribution >= 0.6 is 0 Å². The van der Waals surface area contributed by atoms with Gasteiger partial charge in [-0.2, -0.15) is 0 Å². The minimum Gasteiger partial charge on any atom is -0.467 e. The van der Waals surface area contributed by atoms with Gasteiger partial charge in [0.2, 0.25) is 0 Å². The average Bonchev–Trinajstić information content (AvgIpc) is 3.27. The fourth-order valence-corrected chi connectivity index (χ4v) is 3.73. The van der Waals surface area contributed by atoms with Gasteiger partial charge in [0.25, 0.3) is 5.91 Å². The van der Waals surface area contributed by atoms with E-state index >= 15 is 0 Å². The van der Waals surface area contributed by atoms with Gasteiger partial charge in [0, 0.05) is 24.8 Å². The third kappa shape index (κ3) is 4.60. The molecule has 5 nitrogen and oxygen atoms in total. The fraction of sp³-hybridized carbons (Fsp3) is 0.304. The van der Waals surface area contributed by atoms with Crippen LogP contribution in [0.5, 0.6) is 0 Å². The Morgan fingerprint density at radius 1 is 1.11 bits per heavy atom. The molecule has 0 spiro atoms. The van der Waals surface area contributed by atoms with Crippen LogP contribution in [0.2, 0.25) is 0 Å². The molecule has 1 amide bonds. The number of nitrogens with one attached hydrogen (secondary N) is 1. The molecular weight excluding hydrogens is 350 g/mol. The van der Waals surface area contributed by atoms with E-state index < -0.39 is 0 Å². The maximum atomic E-state index is 12.4. The lowest BCUT2D eigenvalue weighted by molar-refractivity contribution is 0.0948. The van der Waals surface area contributed by atoms with Crippen LogP contribution in [0.3, 0.4) is 0 Å². The zero-order valence-corrected chi connectivity index (χ0v) is 15.9. The second-order valence-electron chi connectivity index (χ2n) is 7.28. The Morgan fingerprint density at radius 3 is 2.68 bits per heavy atom. The summed E-state index contributed by atoms with van der Waals surface area (Å²) in [5.41, 5.74) is 2.04. The van der Waals surface area contributed by atoms with Gasteiger partial charge in [-0.25, -0.2) is 4.98 Å². The van der Waals surface area contributed by atoms with Gasteiger partial charge in [0.15, 0.2) is 0 Å². The molecule has 0 unspecified atom stereocenters. The van der Waals surface area contributed by atoms with E-state index in [9.17, 15) is 4.79 Å². The van der Waals surface area contributed by atoms with Crippen LogP contribution in [0.15, 0.2) is 71.5 Å². The van der Waals surface area contributed by atoms with Crippen molar-refractivity contribution in [2.24, 2.45) is 5.92 Å². The summed E-state index contributed by atoms with van der Waals surface area (Å²) in [6, 6.07) is 18.0. The molecular formula is C23H25N3O2. The molecule has 0 aliphatic carbocycles. The molecule has 1 aromatic carbocycles. The lowest BCUT2D eigenvalue weighted by Gasteiger charge is -2.33. The van der Waals surface area contributed by atoms with Crippen LogP contribution in [0.4, 0.5) is 5.82 Å². The third-order valence-electron chi connectivity index (χ3n) is 5.32. The summed E-state index contributed by atoms with van der Waals surface area (Å²) in [5, 5.41) is 2.89. The van der Waals surface area contributed by atoms with Gasteiger partial charge in [-0.15, -0.1) is 0 Å². The molecule has 3 aromatic rings. The molecule has 28 heavy (non-hydrogen) atoms. The van der Waals surface area contributed by atoms with Gasteiger partial charge in [-0.05, 0) is 55.0 Å².